The van der Waals surface area contributed by atoms with Gasteiger partial charge in [-0.3, -0.25) is 9.59 Å². The van der Waals surface area contributed by atoms with Crippen LogP contribution in [0.5, 0.6) is 0 Å². The van der Waals surface area contributed by atoms with E-state index in [2.05, 4.69) is 31.0 Å². The first-order valence-electron chi connectivity index (χ1n) is 13.5. The Labute approximate surface area is 233 Å². The van der Waals surface area contributed by atoms with E-state index in [-0.39, 0.29) is 11.8 Å². The predicted octanol–water partition coefficient (Wildman–Crippen LogP) is 6.61. The maximum Gasteiger partial charge on any atom is 0.227 e. The van der Waals surface area contributed by atoms with Crippen molar-refractivity contribution in [2.45, 2.75) is 71.3 Å². The molecular formula is C30H43N2O4PS. The molecule has 0 radical (unpaired) electrons. The van der Waals surface area contributed by atoms with E-state index >= 15 is 0 Å². The molecule has 0 saturated carbocycles. The van der Waals surface area contributed by atoms with Gasteiger partial charge < -0.3 is 19.6 Å². The summed E-state index contributed by atoms with van der Waals surface area (Å²) in [5, 5.41) is 2.97. The van der Waals surface area contributed by atoms with E-state index in [4.69, 9.17) is 16.3 Å². The van der Waals surface area contributed by atoms with Crippen molar-refractivity contribution >= 4 is 41.9 Å². The van der Waals surface area contributed by atoms with Crippen molar-refractivity contribution in [3.8, 4) is 0 Å². The van der Waals surface area contributed by atoms with E-state index in [0.717, 1.165) is 48.9 Å². The van der Waals surface area contributed by atoms with Gasteiger partial charge in [0.1, 0.15) is 0 Å². The van der Waals surface area contributed by atoms with Gasteiger partial charge >= 0.3 is 0 Å². The Morgan fingerprint density at radius 3 is 2.37 bits per heavy atom. The van der Waals surface area contributed by atoms with Gasteiger partial charge in [-0.05, 0) is 66.7 Å². The molecule has 0 saturated heterocycles. The van der Waals surface area contributed by atoms with Crippen LogP contribution in [0.25, 0.3) is 6.08 Å². The number of para-hydroxylation sites is 1. The average molecular weight is 559 g/mol. The normalized spacial score (nSPS) is 12.5. The minimum absolute atomic E-state index is 0.0264. The molecule has 0 spiro atoms. The van der Waals surface area contributed by atoms with E-state index in [0.29, 0.717) is 45.4 Å². The minimum Gasteiger partial charge on any atom is -0.356 e. The standard InChI is InChI=1S/C30H43N2O4PS/c1-4-25-16-8-9-18-27(25)24-32(28-19-11-10-17-26(28)5-2)30(34)21-13-12-20-29(33)31-22-14-6-7-15-23-36-37(3,35)38/h5,8-11,16-19H,2,4,6-7,12-15,20-24H2,1,3H3,(H,31,33)(H,35,38). The summed E-state index contributed by atoms with van der Waals surface area (Å²) in [6, 6.07) is 16.1. The number of benzene rings is 2. The fourth-order valence-corrected chi connectivity index (χ4v) is 4.96. The van der Waals surface area contributed by atoms with Gasteiger partial charge in [0.15, 0.2) is 6.49 Å². The summed E-state index contributed by atoms with van der Waals surface area (Å²) in [6.07, 6.45) is 8.53. The molecule has 8 heteroatoms. The summed E-state index contributed by atoms with van der Waals surface area (Å²) in [4.78, 5) is 36.9. The molecule has 1 atom stereocenters. The second-order valence-electron chi connectivity index (χ2n) is 9.47. The summed E-state index contributed by atoms with van der Waals surface area (Å²) in [5.41, 5.74) is 4.16. The zero-order valence-electron chi connectivity index (χ0n) is 22.9. The Morgan fingerprint density at radius 1 is 1.00 bits per heavy atom. The highest BCUT2D eigenvalue weighted by Gasteiger charge is 2.19. The van der Waals surface area contributed by atoms with Crippen molar-refractivity contribution in [1.29, 1.82) is 0 Å². The molecule has 38 heavy (non-hydrogen) atoms. The van der Waals surface area contributed by atoms with Gasteiger partial charge in [-0.25, -0.2) is 0 Å². The molecule has 0 aliphatic heterocycles. The first kappa shape index (κ1) is 31.9. The van der Waals surface area contributed by atoms with E-state index < -0.39 is 6.49 Å². The van der Waals surface area contributed by atoms with Crippen LogP contribution in [-0.2, 0) is 38.9 Å². The van der Waals surface area contributed by atoms with Crippen LogP contribution in [0.1, 0.15) is 75.0 Å². The lowest BCUT2D eigenvalue weighted by molar-refractivity contribution is -0.122. The lowest BCUT2D eigenvalue weighted by Crippen LogP contribution is -2.31. The van der Waals surface area contributed by atoms with Crippen LogP contribution < -0.4 is 10.2 Å². The second-order valence-corrected chi connectivity index (χ2v) is 13.4. The van der Waals surface area contributed by atoms with Crippen molar-refractivity contribution in [3.05, 3.63) is 71.8 Å². The Bertz CT molecular complexity index is 1090. The molecule has 2 N–H and O–H groups in total. The molecule has 0 fully saturated rings. The Balaban J connectivity index is 1.79. The molecule has 0 aromatic heterocycles. The number of nitrogens with zero attached hydrogens (tertiary/aromatic N) is 1. The number of carbonyl (C=O) groups is 2. The number of unbranched alkanes of at least 4 members (excludes halogenated alkanes) is 4. The van der Waals surface area contributed by atoms with Gasteiger partial charge in [0.05, 0.1) is 18.8 Å². The lowest BCUT2D eigenvalue weighted by Gasteiger charge is -2.26. The van der Waals surface area contributed by atoms with Gasteiger partial charge in [0.25, 0.3) is 0 Å². The van der Waals surface area contributed by atoms with Crippen LogP contribution in [-0.4, -0.2) is 36.5 Å². The number of nitrogens with one attached hydrogen (secondary N) is 1. The number of rotatable bonds is 18. The summed E-state index contributed by atoms with van der Waals surface area (Å²) in [6.45, 7) is 6.69. The summed E-state index contributed by atoms with van der Waals surface area (Å²) in [5.74, 6) is 0.0766. The number of anilines is 1. The largest absolute Gasteiger partial charge is 0.356 e. The molecule has 1 unspecified atom stereocenters. The highest BCUT2D eigenvalue weighted by Crippen LogP contribution is 2.37. The zero-order chi connectivity index (χ0) is 27.8. The molecule has 2 amide bonds. The quantitative estimate of drug-likeness (QED) is 0.159. The lowest BCUT2D eigenvalue weighted by atomic mass is 10.0. The molecular weight excluding hydrogens is 515 g/mol. The van der Waals surface area contributed by atoms with Crippen molar-refractivity contribution in [2.24, 2.45) is 0 Å². The Kier molecular flexibility index (Phi) is 14.5. The van der Waals surface area contributed by atoms with Crippen molar-refractivity contribution < 1.29 is 19.0 Å². The Hall–Kier alpha value is -2.31. The third kappa shape index (κ3) is 12.0. The van der Waals surface area contributed by atoms with Crippen LogP contribution >= 0.6 is 6.49 Å². The van der Waals surface area contributed by atoms with Crippen LogP contribution in [0.3, 0.4) is 0 Å². The van der Waals surface area contributed by atoms with E-state index in [1.165, 1.54) is 5.56 Å². The van der Waals surface area contributed by atoms with Crippen LogP contribution in [0, 0.1) is 0 Å². The summed E-state index contributed by atoms with van der Waals surface area (Å²) >= 11 is 4.84. The summed E-state index contributed by atoms with van der Waals surface area (Å²) in [7, 11) is 0. The molecule has 0 aliphatic rings. The first-order valence-corrected chi connectivity index (χ1v) is 16.7. The topological polar surface area (TPSA) is 78.9 Å². The molecule has 2 rings (SSSR count). The molecule has 2 aromatic rings. The fraction of sp³-hybridized carbons (Fsp3) is 0.467. The Morgan fingerprint density at radius 2 is 1.66 bits per heavy atom. The smallest absolute Gasteiger partial charge is 0.227 e. The average Bonchev–Trinajstić information content (AvgIpc) is 2.90. The fourth-order valence-electron chi connectivity index (χ4n) is 4.27. The van der Waals surface area contributed by atoms with Crippen LogP contribution in [0.4, 0.5) is 5.69 Å². The first-order chi connectivity index (χ1) is 18.2. The number of carbonyl (C=O) groups excluding carboxylic acids is 2. The van der Waals surface area contributed by atoms with Crippen LogP contribution in [0.2, 0.25) is 0 Å². The van der Waals surface area contributed by atoms with Gasteiger partial charge in [-0.2, -0.15) is 0 Å². The van der Waals surface area contributed by atoms with Crippen molar-refractivity contribution in [3.63, 3.8) is 0 Å². The molecule has 2 aromatic carbocycles. The van der Waals surface area contributed by atoms with E-state index in [9.17, 15) is 14.5 Å². The predicted molar refractivity (Wildman–Crippen MR) is 162 cm³/mol. The van der Waals surface area contributed by atoms with Gasteiger partial charge in [-0.1, -0.05) is 74.9 Å². The maximum absolute atomic E-state index is 13.4. The molecule has 0 bridgehead atoms. The third-order valence-electron chi connectivity index (χ3n) is 6.34. The number of amides is 2. The summed E-state index contributed by atoms with van der Waals surface area (Å²) < 4.78 is 5.22. The van der Waals surface area contributed by atoms with Crippen LogP contribution in [0.15, 0.2) is 55.1 Å². The SMILES string of the molecule is C=Cc1ccccc1N(Cc1ccccc1CC)C(=O)CCCCC(=O)NCCCCCCOP(C)(O)=S. The monoisotopic (exact) mass is 558 g/mol. The molecule has 208 valence electrons. The number of aryl methyl sites for hydroxylation is 1. The molecule has 0 aliphatic carbocycles. The van der Waals surface area contributed by atoms with Gasteiger partial charge in [0, 0.05) is 26.1 Å². The van der Waals surface area contributed by atoms with Gasteiger partial charge in [-0.15, -0.1) is 0 Å². The molecule has 0 heterocycles. The van der Waals surface area contributed by atoms with Crippen molar-refractivity contribution in [2.75, 3.05) is 24.7 Å². The van der Waals surface area contributed by atoms with E-state index in [1.807, 2.05) is 41.3 Å². The van der Waals surface area contributed by atoms with Gasteiger partial charge in [0.2, 0.25) is 11.8 Å². The number of hydrogen-bond donors (Lipinski definition) is 2. The second kappa shape index (κ2) is 17.3. The number of hydrogen-bond acceptors (Lipinski definition) is 4. The van der Waals surface area contributed by atoms with Crippen molar-refractivity contribution in [1.82, 2.24) is 5.32 Å². The third-order valence-corrected chi connectivity index (χ3v) is 7.32. The zero-order valence-corrected chi connectivity index (χ0v) is 24.6. The minimum atomic E-state index is -2.56. The highest BCUT2D eigenvalue weighted by atomic mass is 32.5. The highest BCUT2D eigenvalue weighted by molar-refractivity contribution is 8.09. The molecule has 6 nitrogen and oxygen atoms in total. The van der Waals surface area contributed by atoms with E-state index in [1.54, 1.807) is 12.7 Å². The maximum atomic E-state index is 13.4.